The molecule has 1 heterocycles. The van der Waals surface area contributed by atoms with Gasteiger partial charge in [0.1, 0.15) is 5.82 Å². The average molecular weight is 499 g/mol. The fourth-order valence-corrected chi connectivity index (χ4v) is 4.68. The molecule has 0 saturated heterocycles. The molecule has 0 spiro atoms. The molecule has 0 unspecified atom stereocenters. The molecular weight excluding hydrogens is 478 g/mol. The van der Waals surface area contributed by atoms with E-state index in [-0.39, 0.29) is 15.5 Å². The fraction of sp³-hybridized carbons (Fsp3) is 0.238. The minimum Gasteiger partial charge on any atom is -0.355 e. The lowest BCUT2D eigenvalue weighted by atomic mass is 10.2. The van der Waals surface area contributed by atoms with Crippen molar-refractivity contribution in [3.8, 4) is 0 Å². The standard InChI is InChI=1S/C21H21Cl2FN4O3S/c22-16-5-7-17(8-6-16)32(30,31)28(13-18-19(23)3-1-4-20(18)24)14-21(29)26-9-2-11-27-12-10-25-15-27/h1,3-8,10,12,15H,2,9,11,13-14H2,(H,26,29). The predicted molar refractivity (Wildman–Crippen MR) is 120 cm³/mol. The van der Waals surface area contributed by atoms with Crippen LogP contribution in [0.3, 0.4) is 0 Å². The molecular formula is C21H21Cl2FN4O3S. The van der Waals surface area contributed by atoms with Gasteiger partial charge >= 0.3 is 0 Å². The normalized spacial score (nSPS) is 11.6. The number of rotatable bonds is 10. The molecule has 0 aliphatic carbocycles. The molecule has 0 aliphatic rings. The molecule has 0 bridgehead atoms. The molecule has 3 aromatic rings. The summed E-state index contributed by atoms with van der Waals surface area (Å²) in [7, 11) is -4.13. The van der Waals surface area contributed by atoms with E-state index in [9.17, 15) is 17.6 Å². The Balaban J connectivity index is 1.75. The van der Waals surface area contributed by atoms with Gasteiger partial charge in [-0.25, -0.2) is 17.8 Å². The molecule has 170 valence electrons. The van der Waals surface area contributed by atoms with Crippen molar-refractivity contribution in [3.05, 3.63) is 82.6 Å². The minimum absolute atomic E-state index is 0.0142. The second kappa shape index (κ2) is 10.9. The van der Waals surface area contributed by atoms with E-state index in [1.165, 1.54) is 42.5 Å². The van der Waals surface area contributed by atoms with Gasteiger partial charge in [-0.3, -0.25) is 4.79 Å². The molecule has 1 aromatic heterocycles. The maximum Gasteiger partial charge on any atom is 0.243 e. The van der Waals surface area contributed by atoms with E-state index in [4.69, 9.17) is 23.2 Å². The summed E-state index contributed by atoms with van der Waals surface area (Å²) in [5.74, 6) is -1.17. The number of nitrogens with one attached hydrogen (secondary N) is 1. The second-order valence-corrected chi connectivity index (χ2v) is 9.71. The van der Waals surface area contributed by atoms with Gasteiger partial charge in [-0.1, -0.05) is 29.3 Å². The number of halogens is 3. The lowest BCUT2D eigenvalue weighted by molar-refractivity contribution is -0.121. The summed E-state index contributed by atoms with van der Waals surface area (Å²) < 4.78 is 43.5. The maximum absolute atomic E-state index is 14.3. The van der Waals surface area contributed by atoms with E-state index >= 15 is 0 Å². The summed E-state index contributed by atoms with van der Waals surface area (Å²) in [6, 6.07) is 9.59. The number of nitrogens with zero attached hydrogens (tertiary/aromatic N) is 3. The first-order valence-corrected chi connectivity index (χ1v) is 11.9. The molecule has 0 saturated carbocycles. The lowest BCUT2D eigenvalue weighted by Crippen LogP contribution is -2.41. The molecule has 0 atom stereocenters. The number of benzene rings is 2. The van der Waals surface area contributed by atoms with Crippen LogP contribution in [0.2, 0.25) is 10.0 Å². The van der Waals surface area contributed by atoms with Gasteiger partial charge in [-0.2, -0.15) is 4.31 Å². The highest BCUT2D eigenvalue weighted by Crippen LogP contribution is 2.25. The summed E-state index contributed by atoms with van der Waals surface area (Å²) in [6.45, 7) is 0.0871. The Kier molecular flexibility index (Phi) is 8.25. The number of carbonyl (C=O) groups excluding carboxylic acids is 1. The highest BCUT2D eigenvalue weighted by atomic mass is 35.5. The van der Waals surface area contributed by atoms with Gasteiger partial charge in [-0.05, 0) is 42.8 Å². The van der Waals surface area contributed by atoms with E-state index < -0.39 is 34.8 Å². The zero-order valence-corrected chi connectivity index (χ0v) is 19.2. The monoisotopic (exact) mass is 498 g/mol. The Morgan fingerprint density at radius 2 is 1.91 bits per heavy atom. The van der Waals surface area contributed by atoms with E-state index in [0.717, 1.165) is 4.31 Å². The van der Waals surface area contributed by atoms with Crippen molar-refractivity contribution in [3.63, 3.8) is 0 Å². The van der Waals surface area contributed by atoms with Crippen molar-refractivity contribution in [1.29, 1.82) is 0 Å². The van der Waals surface area contributed by atoms with Crippen LogP contribution in [0.15, 0.2) is 66.1 Å². The third-order valence-electron chi connectivity index (χ3n) is 4.64. The Labute approximate surface area is 195 Å². The number of imidazole rings is 1. The van der Waals surface area contributed by atoms with Crippen LogP contribution in [0.25, 0.3) is 0 Å². The second-order valence-electron chi connectivity index (χ2n) is 6.93. The first-order valence-electron chi connectivity index (χ1n) is 9.68. The van der Waals surface area contributed by atoms with E-state index in [0.29, 0.717) is 24.5 Å². The molecule has 3 rings (SSSR count). The van der Waals surface area contributed by atoms with Crippen LogP contribution in [0, 0.1) is 5.82 Å². The molecule has 7 nitrogen and oxygen atoms in total. The maximum atomic E-state index is 14.3. The summed E-state index contributed by atoms with van der Waals surface area (Å²) >= 11 is 12.0. The van der Waals surface area contributed by atoms with Crippen LogP contribution in [0.4, 0.5) is 4.39 Å². The smallest absolute Gasteiger partial charge is 0.243 e. The molecule has 32 heavy (non-hydrogen) atoms. The third-order valence-corrected chi connectivity index (χ3v) is 7.05. The van der Waals surface area contributed by atoms with E-state index in [1.54, 1.807) is 18.7 Å². The molecule has 2 aromatic carbocycles. The number of carbonyl (C=O) groups is 1. The predicted octanol–water partition coefficient (Wildman–Crippen LogP) is 3.73. The largest absolute Gasteiger partial charge is 0.355 e. The van der Waals surface area contributed by atoms with Gasteiger partial charge in [0.25, 0.3) is 0 Å². The van der Waals surface area contributed by atoms with Gasteiger partial charge in [-0.15, -0.1) is 0 Å². The van der Waals surface area contributed by atoms with Crippen molar-refractivity contribution < 1.29 is 17.6 Å². The first kappa shape index (κ1) is 24.2. The summed E-state index contributed by atoms with van der Waals surface area (Å²) in [5, 5.41) is 3.13. The van der Waals surface area contributed by atoms with Crippen molar-refractivity contribution in [2.45, 2.75) is 24.4 Å². The van der Waals surface area contributed by atoms with Crippen molar-refractivity contribution >= 4 is 39.1 Å². The van der Waals surface area contributed by atoms with E-state index in [1.807, 2.05) is 4.57 Å². The Morgan fingerprint density at radius 1 is 1.16 bits per heavy atom. The molecule has 11 heteroatoms. The number of amides is 1. The summed E-state index contributed by atoms with van der Waals surface area (Å²) in [6.07, 6.45) is 5.76. The average Bonchev–Trinajstić information content (AvgIpc) is 3.27. The van der Waals surface area contributed by atoms with Crippen LogP contribution in [0.1, 0.15) is 12.0 Å². The fourth-order valence-electron chi connectivity index (χ4n) is 2.97. The number of hydrogen-bond acceptors (Lipinski definition) is 4. The van der Waals surface area contributed by atoms with E-state index in [2.05, 4.69) is 10.3 Å². The van der Waals surface area contributed by atoms with Gasteiger partial charge in [0, 0.05) is 47.6 Å². The summed E-state index contributed by atoms with van der Waals surface area (Å²) in [4.78, 5) is 16.4. The van der Waals surface area contributed by atoms with Gasteiger partial charge in [0.05, 0.1) is 17.8 Å². The van der Waals surface area contributed by atoms with Crippen LogP contribution >= 0.6 is 23.2 Å². The van der Waals surface area contributed by atoms with Gasteiger partial charge in [0.15, 0.2) is 0 Å². The Hall–Kier alpha value is -2.46. The number of aromatic nitrogens is 2. The number of aryl methyl sites for hydroxylation is 1. The highest BCUT2D eigenvalue weighted by molar-refractivity contribution is 7.89. The molecule has 0 fully saturated rings. The Morgan fingerprint density at radius 3 is 2.56 bits per heavy atom. The number of hydrogen-bond donors (Lipinski definition) is 1. The number of sulfonamides is 1. The first-order chi connectivity index (χ1) is 15.3. The van der Waals surface area contributed by atoms with Gasteiger partial charge in [0.2, 0.25) is 15.9 Å². The van der Waals surface area contributed by atoms with Crippen molar-refractivity contribution in [1.82, 2.24) is 19.2 Å². The lowest BCUT2D eigenvalue weighted by Gasteiger charge is -2.23. The highest BCUT2D eigenvalue weighted by Gasteiger charge is 2.28. The minimum atomic E-state index is -4.13. The Bertz CT molecular complexity index is 1140. The molecule has 0 aliphatic heterocycles. The van der Waals surface area contributed by atoms with Crippen LogP contribution in [0.5, 0.6) is 0 Å². The zero-order chi connectivity index (χ0) is 23.1. The SMILES string of the molecule is O=C(CN(Cc1c(F)cccc1Cl)S(=O)(=O)c1ccc(Cl)cc1)NCCCn1ccnc1. The van der Waals surface area contributed by atoms with Crippen LogP contribution < -0.4 is 5.32 Å². The molecule has 1 amide bonds. The zero-order valence-electron chi connectivity index (χ0n) is 16.9. The van der Waals surface area contributed by atoms with Crippen LogP contribution in [-0.2, 0) is 27.9 Å². The van der Waals surface area contributed by atoms with Crippen molar-refractivity contribution in [2.24, 2.45) is 0 Å². The molecule has 0 radical (unpaired) electrons. The third kappa shape index (κ3) is 6.29. The van der Waals surface area contributed by atoms with Crippen LogP contribution in [-0.4, -0.2) is 41.3 Å². The quantitative estimate of drug-likeness (QED) is 0.431. The summed E-state index contributed by atoms with van der Waals surface area (Å²) in [5.41, 5.74) is -0.0142. The van der Waals surface area contributed by atoms with Crippen molar-refractivity contribution in [2.75, 3.05) is 13.1 Å². The topological polar surface area (TPSA) is 84.3 Å². The van der Waals surface area contributed by atoms with Gasteiger partial charge < -0.3 is 9.88 Å². The molecule has 1 N–H and O–H groups in total.